The first-order valence-corrected chi connectivity index (χ1v) is 5.90. The molecular weight excluding hydrogens is 252 g/mol. The van der Waals surface area contributed by atoms with Crippen LogP contribution >= 0.6 is 0 Å². The molecule has 2 rings (SSSR count). The third kappa shape index (κ3) is 3.22. The Labute approximate surface area is 109 Å². The quantitative estimate of drug-likeness (QED) is 0.764. The van der Waals surface area contributed by atoms with Crippen molar-refractivity contribution in [3.8, 4) is 0 Å². The zero-order chi connectivity index (χ0) is 13.8. The number of rotatable bonds is 3. The van der Waals surface area contributed by atoms with Gasteiger partial charge in [-0.3, -0.25) is 4.68 Å². The van der Waals surface area contributed by atoms with Crippen molar-refractivity contribution in [3.05, 3.63) is 18.0 Å². The van der Waals surface area contributed by atoms with Gasteiger partial charge in [-0.05, 0) is 0 Å². The molecular formula is C11H16N4O4. The van der Waals surface area contributed by atoms with Gasteiger partial charge in [0, 0.05) is 31.9 Å². The van der Waals surface area contributed by atoms with Gasteiger partial charge >= 0.3 is 12.0 Å². The van der Waals surface area contributed by atoms with Crippen molar-refractivity contribution in [2.75, 3.05) is 19.8 Å². The molecule has 2 heterocycles. The standard InChI is InChI=1S/C11H16N4O4/c1-14-6-8(5-13-14)4-12-11(18)15-2-3-19-7-9(15)10(16)17/h5-6,9H,2-4,7H2,1H3,(H,12,18)(H,16,17). The molecule has 104 valence electrons. The fourth-order valence-electron chi connectivity index (χ4n) is 1.89. The lowest BCUT2D eigenvalue weighted by Gasteiger charge is -2.32. The smallest absolute Gasteiger partial charge is 0.328 e. The van der Waals surface area contributed by atoms with E-state index < -0.39 is 18.0 Å². The van der Waals surface area contributed by atoms with Gasteiger partial charge in [0.2, 0.25) is 0 Å². The summed E-state index contributed by atoms with van der Waals surface area (Å²) in [4.78, 5) is 24.3. The van der Waals surface area contributed by atoms with Crippen LogP contribution < -0.4 is 5.32 Å². The molecule has 0 spiro atoms. The van der Waals surface area contributed by atoms with Gasteiger partial charge in [-0.2, -0.15) is 5.10 Å². The van der Waals surface area contributed by atoms with Crippen molar-refractivity contribution < 1.29 is 19.4 Å². The van der Waals surface area contributed by atoms with Crippen LogP contribution in [0.1, 0.15) is 5.56 Å². The van der Waals surface area contributed by atoms with Crippen molar-refractivity contribution in [1.29, 1.82) is 0 Å². The van der Waals surface area contributed by atoms with E-state index in [1.165, 1.54) is 4.90 Å². The Morgan fingerprint density at radius 1 is 1.63 bits per heavy atom. The summed E-state index contributed by atoms with van der Waals surface area (Å²) in [5, 5.41) is 15.7. The molecule has 1 aliphatic heterocycles. The van der Waals surface area contributed by atoms with E-state index in [2.05, 4.69) is 10.4 Å². The number of amides is 2. The molecule has 2 amide bonds. The van der Waals surface area contributed by atoms with Gasteiger partial charge in [-0.1, -0.05) is 0 Å². The maximum absolute atomic E-state index is 12.0. The molecule has 1 unspecified atom stereocenters. The van der Waals surface area contributed by atoms with E-state index in [-0.39, 0.29) is 13.2 Å². The largest absolute Gasteiger partial charge is 0.480 e. The molecule has 1 atom stereocenters. The summed E-state index contributed by atoms with van der Waals surface area (Å²) in [6.07, 6.45) is 3.43. The van der Waals surface area contributed by atoms with Crippen LogP contribution in [0.25, 0.3) is 0 Å². The molecule has 1 aliphatic rings. The Morgan fingerprint density at radius 3 is 3.05 bits per heavy atom. The average molecular weight is 268 g/mol. The van der Waals surface area contributed by atoms with Gasteiger partial charge < -0.3 is 20.1 Å². The van der Waals surface area contributed by atoms with E-state index in [1.54, 1.807) is 24.1 Å². The van der Waals surface area contributed by atoms with E-state index in [0.29, 0.717) is 13.2 Å². The topological polar surface area (TPSA) is 96.7 Å². The molecule has 1 aromatic rings. The van der Waals surface area contributed by atoms with Gasteiger partial charge in [-0.15, -0.1) is 0 Å². The number of hydrogen-bond donors (Lipinski definition) is 2. The summed E-state index contributed by atoms with van der Waals surface area (Å²) in [5.74, 6) is -1.06. The highest BCUT2D eigenvalue weighted by molar-refractivity contribution is 5.82. The van der Waals surface area contributed by atoms with Crippen molar-refractivity contribution in [2.45, 2.75) is 12.6 Å². The van der Waals surface area contributed by atoms with Crippen molar-refractivity contribution in [2.24, 2.45) is 7.05 Å². The second kappa shape index (κ2) is 5.70. The number of carbonyl (C=O) groups excluding carboxylic acids is 1. The van der Waals surface area contributed by atoms with Crippen LogP contribution in [0.3, 0.4) is 0 Å². The van der Waals surface area contributed by atoms with Gasteiger partial charge in [0.15, 0.2) is 6.04 Å². The number of urea groups is 1. The molecule has 8 heteroatoms. The normalized spacial score (nSPS) is 19.2. The Bertz CT molecular complexity index is 473. The Balaban J connectivity index is 1.92. The zero-order valence-electron chi connectivity index (χ0n) is 10.6. The molecule has 1 saturated heterocycles. The fourth-order valence-corrected chi connectivity index (χ4v) is 1.89. The minimum absolute atomic E-state index is 0.0235. The number of aromatic nitrogens is 2. The number of carbonyl (C=O) groups is 2. The molecule has 2 N–H and O–H groups in total. The summed E-state index contributed by atoms with van der Waals surface area (Å²) >= 11 is 0. The lowest BCUT2D eigenvalue weighted by Crippen LogP contribution is -2.55. The number of carboxylic acid groups (broad SMARTS) is 1. The molecule has 0 aromatic carbocycles. The number of ether oxygens (including phenoxy) is 1. The predicted molar refractivity (Wildman–Crippen MR) is 64.4 cm³/mol. The molecule has 19 heavy (non-hydrogen) atoms. The first-order valence-electron chi connectivity index (χ1n) is 5.90. The van der Waals surface area contributed by atoms with Gasteiger partial charge in [0.1, 0.15) is 0 Å². The lowest BCUT2D eigenvalue weighted by molar-refractivity contribution is -0.147. The zero-order valence-corrected chi connectivity index (χ0v) is 10.6. The number of morpholine rings is 1. The first-order chi connectivity index (χ1) is 9.08. The maximum atomic E-state index is 12.0. The van der Waals surface area contributed by atoms with Crippen molar-refractivity contribution in [1.82, 2.24) is 20.0 Å². The van der Waals surface area contributed by atoms with Crippen LogP contribution in [-0.2, 0) is 23.1 Å². The molecule has 1 fully saturated rings. The summed E-state index contributed by atoms with van der Waals surface area (Å²) in [6, 6.07) is -1.33. The molecule has 8 nitrogen and oxygen atoms in total. The van der Waals surface area contributed by atoms with Gasteiger partial charge in [0.05, 0.1) is 19.4 Å². The second-order valence-corrected chi connectivity index (χ2v) is 4.30. The summed E-state index contributed by atoms with van der Waals surface area (Å²) in [5.41, 5.74) is 0.857. The number of aryl methyl sites for hydroxylation is 1. The van der Waals surface area contributed by atoms with Gasteiger partial charge in [-0.25, -0.2) is 9.59 Å². The summed E-state index contributed by atoms with van der Waals surface area (Å²) < 4.78 is 6.71. The van der Waals surface area contributed by atoms with Crippen LogP contribution in [0, 0.1) is 0 Å². The van der Waals surface area contributed by atoms with Crippen LogP contribution in [0.5, 0.6) is 0 Å². The highest BCUT2D eigenvalue weighted by Gasteiger charge is 2.32. The third-order valence-electron chi connectivity index (χ3n) is 2.88. The number of carboxylic acids is 1. The first kappa shape index (κ1) is 13.3. The van der Waals surface area contributed by atoms with Crippen LogP contribution in [0.15, 0.2) is 12.4 Å². The fraction of sp³-hybridized carbons (Fsp3) is 0.545. The molecule has 0 radical (unpaired) electrons. The monoisotopic (exact) mass is 268 g/mol. The summed E-state index contributed by atoms with van der Waals surface area (Å²) in [7, 11) is 1.79. The van der Waals surface area contributed by atoms with E-state index in [9.17, 15) is 9.59 Å². The van der Waals surface area contributed by atoms with Gasteiger partial charge in [0.25, 0.3) is 0 Å². The maximum Gasteiger partial charge on any atom is 0.328 e. The minimum Gasteiger partial charge on any atom is -0.480 e. The predicted octanol–water partition coefficient (Wildman–Crippen LogP) is -0.585. The Kier molecular flexibility index (Phi) is 4.00. The molecule has 0 aliphatic carbocycles. The van der Waals surface area contributed by atoms with Crippen LogP contribution in [0.2, 0.25) is 0 Å². The molecule has 1 aromatic heterocycles. The van der Waals surface area contributed by atoms with Crippen LogP contribution in [-0.4, -0.2) is 57.6 Å². The van der Waals surface area contributed by atoms with E-state index in [1.807, 2.05) is 0 Å². The third-order valence-corrected chi connectivity index (χ3v) is 2.88. The Morgan fingerprint density at radius 2 is 2.42 bits per heavy atom. The average Bonchev–Trinajstić information content (AvgIpc) is 2.81. The summed E-state index contributed by atoms with van der Waals surface area (Å²) in [6.45, 7) is 0.964. The van der Waals surface area contributed by atoms with Crippen molar-refractivity contribution >= 4 is 12.0 Å². The van der Waals surface area contributed by atoms with E-state index >= 15 is 0 Å². The number of aliphatic carboxylic acids is 1. The number of nitrogens with zero attached hydrogens (tertiary/aromatic N) is 3. The van der Waals surface area contributed by atoms with Crippen LogP contribution in [0.4, 0.5) is 4.79 Å². The SMILES string of the molecule is Cn1cc(CNC(=O)N2CCOCC2C(=O)O)cn1. The highest BCUT2D eigenvalue weighted by Crippen LogP contribution is 2.08. The highest BCUT2D eigenvalue weighted by atomic mass is 16.5. The van der Waals surface area contributed by atoms with E-state index in [0.717, 1.165) is 5.56 Å². The number of nitrogens with one attached hydrogen (secondary N) is 1. The Hall–Kier alpha value is -2.09. The van der Waals surface area contributed by atoms with Crippen molar-refractivity contribution in [3.63, 3.8) is 0 Å². The number of hydrogen-bond acceptors (Lipinski definition) is 4. The lowest BCUT2D eigenvalue weighted by atomic mass is 10.2. The molecule has 0 bridgehead atoms. The van der Waals surface area contributed by atoms with E-state index in [4.69, 9.17) is 9.84 Å². The molecule has 0 saturated carbocycles. The second-order valence-electron chi connectivity index (χ2n) is 4.30. The minimum atomic E-state index is -1.06.